The number of hydrogen-bond donors (Lipinski definition) is 0. The van der Waals surface area contributed by atoms with E-state index < -0.39 is 5.82 Å². The minimum atomic E-state index is -0.425. The molecule has 6 heteroatoms. The van der Waals surface area contributed by atoms with Crippen molar-refractivity contribution in [3.8, 4) is 0 Å². The first-order chi connectivity index (χ1) is 10.0. The number of benzene rings is 1. The molecule has 0 saturated carbocycles. The largest absolute Gasteiger partial charge is 0.332 e. The highest BCUT2D eigenvalue weighted by molar-refractivity contribution is 6.01. The maximum absolute atomic E-state index is 12.8. The third-order valence-electron chi connectivity index (χ3n) is 3.35. The van der Waals surface area contributed by atoms with E-state index in [4.69, 9.17) is 0 Å². The number of carbonyl (C=O) groups excluding carboxylic acids is 3. The van der Waals surface area contributed by atoms with E-state index in [1.807, 2.05) is 6.92 Å². The van der Waals surface area contributed by atoms with E-state index in [9.17, 15) is 18.8 Å². The number of amides is 2. The summed E-state index contributed by atoms with van der Waals surface area (Å²) in [7, 11) is 0. The van der Waals surface area contributed by atoms with Gasteiger partial charge in [0.2, 0.25) is 11.8 Å². The van der Waals surface area contributed by atoms with Crippen LogP contribution in [0.3, 0.4) is 0 Å². The van der Waals surface area contributed by atoms with Crippen molar-refractivity contribution < 1.29 is 18.8 Å². The Morgan fingerprint density at radius 3 is 2.29 bits per heavy atom. The molecule has 0 bridgehead atoms. The predicted octanol–water partition coefficient (Wildman–Crippen LogP) is 1.09. The molecule has 1 saturated heterocycles. The lowest BCUT2D eigenvalue weighted by atomic mass is 10.1. The van der Waals surface area contributed by atoms with Crippen molar-refractivity contribution in [1.82, 2.24) is 9.80 Å². The molecule has 112 valence electrons. The highest BCUT2D eigenvalue weighted by atomic mass is 19.1. The lowest BCUT2D eigenvalue weighted by molar-refractivity contribution is -0.149. The van der Waals surface area contributed by atoms with Gasteiger partial charge in [-0.3, -0.25) is 14.4 Å². The molecule has 2 rings (SSSR count). The minimum absolute atomic E-state index is 0.0172. The summed E-state index contributed by atoms with van der Waals surface area (Å²) in [5, 5.41) is 0. The summed E-state index contributed by atoms with van der Waals surface area (Å²) < 4.78 is 12.8. The van der Waals surface area contributed by atoms with Crippen LogP contribution in [0.2, 0.25) is 0 Å². The van der Waals surface area contributed by atoms with E-state index >= 15 is 0 Å². The minimum Gasteiger partial charge on any atom is -0.332 e. The van der Waals surface area contributed by atoms with Gasteiger partial charge in [0.1, 0.15) is 12.4 Å². The van der Waals surface area contributed by atoms with Crippen LogP contribution in [-0.2, 0) is 9.59 Å². The Kier molecular flexibility index (Phi) is 4.67. The normalized spacial score (nSPS) is 15.5. The van der Waals surface area contributed by atoms with Crippen LogP contribution < -0.4 is 0 Å². The van der Waals surface area contributed by atoms with Crippen molar-refractivity contribution in [3.63, 3.8) is 0 Å². The molecule has 1 aliphatic heterocycles. The predicted molar refractivity (Wildman–Crippen MR) is 74.2 cm³/mol. The van der Waals surface area contributed by atoms with Crippen molar-refractivity contribution in [2.75, 3.05) is 26.2 Å². The highest BCUT2D eigenvalue weighted by Crippen LogP contribution is 2.09. The van der Waals surface area contributed by atoms with Crippen LogP contribution in [0.1, 0.15) is 23.7 Å². The highest BCUT2D eigenvalue weighted by Gasteiger charge is 2.30. The number of piperazine rings is 1. The van der Waals surface area contributed by atoms with Gasteiger partial charge in [-0.05, 0) is 30.7 Å². The average molecular weight is 292 g/mol. The standard InChI is InChI=1S/C15H17FN2O3/c1-2-7-17-9-15(21)18(10-14(17)20)8-13(19)11-3-5-12(16)6-4-11/h3-6H,2,7-10H2,1H3. The zero-order valence-electron chi connectivity index (χ0n) is 11.8. The van der Waals surface area contributed by atoms with Gasteiger partial charge >= 0.3 is 0 Å². The fraction of sp³-hybridized carbons (Fsp3) is 0.400. The van der Waals surface area contributed by atoms with Gasteiger partial charge in [-0.2, -0.15) is 0 Å². The van der Waals surface area contributed by atoms with E-state index in [1.165, 1.54) is 34.1 Å². The molecule has 0 aromatic heterocycles. The van der Waals surface area contributed by atoms with Gasteiger partial charge in [-0.1, -0.05) is 6.92 Å². The van der Waals surface area contributed by atoms with Crippen LogP contribution in [0, 0.1) is 5.82 Å². The number of hydrogen-bond acceptors (Lipinski definition) is 3. The molecular formula is C15H17FN2O3. The van der Waals surface area contributed by atoms with E-state index in [0.29, 0.717) is 12.1 Å². The molecule has 5 nitrogen and oxygen atoms in total. The summed E-state index contributed by atoms with van der Waals surface area (Å²) in [5.41, 5.74) is 0.327. The van der Waals surface area contributed by atoms with Crippen molar-refractivity contribution in [3.05, 3.63) is 35.6 Å². The van der Waals surface area contributed by atoms with E-state index in [1.54, 1.807) is 0 Å². The fourth-order valence-electron chi connectivity index (χ4n) is 2.22. The number of rotatable bonds is 5. The molecule has 0 aliphatic carbocycles. The quantitative estimate of drug-likeness (QED) is 0.763. The summed E-state index contributed by atoms with van der Waals surface area (Å²) in [6, 6.07) is 5.13. The molecule has 0 spiro atoms. The Morgan fingerprint density at radius 2 is 1.67 bits per heavy atom. The zero-order valence-corrected chi connectivity index (χ0v) is 11.8. The summed E-state index contributed by atoms with van der Waals surface area (Å²) in [6.45, 7) is 2.26. The molecule has 1 heterocycles. The van der Waals surface area contributed by atoms with E-state index in [-0.39, 0.29) is 37.2 Å². The second-order valence-electron chi connectivity index (χ2n) is 5.00. The molecule has 0 N–H and O–H groups in total. The van der Waals surface area contributed by atoms with Gasteiger partial charge in [0.15, 0.2) is 5.78 Å². The lowest BCUT2D eigenvalue weighted by Crippen LogP contribution is -2.54. The molecule has 2 amide bonds. The second kappa shape index (κ2) is 6.47. The van der Waals surface area contributed by atoms with E-state index in [0.717, 1.165) is 6.42 Å². The monoisotopic (exact) mass is 292 g/mol. The Balaban J connectivity index is 2.00. The third-order valence-corrected chi connectivity index (χ3v) is 3.35. The third kappa shape index (κ3) is 3.65. The first-order valence-electron chi connectivity index (χ1n) is 6.85. The Labute approximate surface area is 122 Å². The Hall–Kier alpha value is -2.24. The van der Waals surface area contributed by atoms with Crippen LogP contribution in [0.4, 0.5) is 4.39 Å². The van der Waals surface area contributed by atoms with Crippen molar-refractivity contribution in [2.45, 2.75) is 13.3 Å². The van der Waals surface area contributed by atoms with Gasteiger partial charge in [-0.15, -0.1) is 0 Å². The van der Waals surface area contributed by atoms with E-state index in [2.05, 4.69) is 0 Å². The van der Waals surface area contributed by atoms with Crippen LogP contribution >= 0.6 is 0 Å². The van der Waals surface area contributed by atoms with Crippen LogP contribution in [0.5, 0.6) is 0 Å². The van der Waals surface area contributed by atoms with Gasteiger partial charge in [0.05, 0.1) is 13.1 Å². The second-order valence-corrected chi connectivity index (χ2v) is 5.00. The maximum Gasteiger partial charge on any atom is 0.243 e. The SMILES string of the molecule is CCCN1CC(=O)N(CC(=O)c2ccc(F)cc2)CC1=O. The van der Waals surface area contributed by atoms with Crippen LogP contribution in [0.25, 0.3) is 0 Å². The van der Waals surface area contributed by atoms with Gasteiger partial charge in [-0.25, -0.2) is 4.39 Å². The average Bonchev–Trinajstić information content (AvgIpc) is 2.45. The summed E-state index contributed by atoms with van der Waals surface area (Å²) in [4.78, 5) is 38.6. The zero-order chi connectivity index (χ0) is 15.4. The van der Waals surface area contributed by atoms with Gasteiger partial charge in [0.25, 0.3) is 0 Å². The topological polar surface area (TPSA) is 57.7 Å². The van der Waals surface area contributed by atoms with Gasteiger partial charge < -0.3 is 9.80 Å². The first-order valence-corrected chi connectivity index (χ1v) is 6.85. The van der Waals surface area contributed by atoms with Crippen molar-refractivity contribution in [1.29, 1.82) is 0 Å². The number of Topliss-reactive ketones (excluding diaryl/α,β-unsaturated/α-hetero) is 1. The number of carbonyl (C=O) groups is 3. The molecular weight excluding hydrogens is 275 g/mol. The first kappa shape index (κ1) is 15.2. The molecule has 0 atom stereocenters. The summed E-state index contributed by atoms with van der Waals surface area (Å²) >= 11 is 0. The molecule has 1 aromatic carbocycles. The van der Waals surface area contributed by atoms with Crippen LogP contribution in [0.15, 0.2) is 24.3 Å². The summed E-state index contributed by atoms with van der Waals surface area (Å²) in [5.74, 6) is -1.12. The number of halogens is 1. The number of ketones is 1. The van der Waals surface area contributed by atoms with Crippen molar-refractivity contribution >= 4 is 17.6 Å². The Morgan fingerprint density at radius 1 is 1.10 bits per heavy atom. The molecule has 0 unspecified atom stereocenters. The smallest absolute Gasteiger partial charge is 0.243 e. The summed E-state index contributed by atoms with van der Waals surface area (Å²) in [6.07, 6.45) is 0.785. The molecule has 0 radical (unpaired) electrons. The fourth-order valence-corrected chi connectivity index (χ4v) is 2.22. The van der Waals surface area contributed by atoms with Crippen molar-refractivity contribution in [2.24, 2.45) is 0 Å². The molecule has 1 aromatic rings. The molecule has 21 heavy (non-hydrogen) atoms. The molecule has 1 aliphatic rings. The molecule has 1 fully saturated rings. The lowest BCUT2D eigenvalue weighted by Gasteiger charge is -2.33. The number of nitrogens with zero attached hydrogens (tertiary/aromatic N) is 2. The van der Waals surface area contributed by atoms with Gasteiger partial charge in [0, 0.05) is 12.1 Å². The Bertz CT molecular complexity index is 557. The van der Waals surface area contributed by atoms with Crippen LogP contribution in [-0.4, -0.2) is 53.6 Å². The maximum atomic E-state index is 12.8.